The molecule has 0 spiro atoms. The molecule has 1 aromatic rings. The van der Waals surface area contributed by atoms with Crippen LogP contribution in [0.1, 0.15) is 18.4 Å². The van der Waals surface area contributed by atoms with Gasteiger partial charge in [0, 0.05) is 0 Å². The quantitative estimate of drug-likeness (QED) is 0.766. The highest BCUT2D eigenvalue weighted by atomic mass is 32.2. The Bertz CT molecular complexity index is 682. The van der Waals surface area contributed by atoms with Crippen LogP contribution in [0.3, 0.4) is 0 Å². The molecule has 3 atom stereocenters. The van der Waals surface area contributed by atoms with Gasteiger partial charge in [0.2, 0.25) is 0 Å². The summed E-state index contributed by atoms with van der Waals surface area (Å²) in [5.41, 5.74) is 0.793. The summed E-state index contributed by atoms with van der Waals surface area (Å²) in [4.78, 5) is 0. The normalized spacial score (nSPS) is 26.9. The highest BCUT2D eigenvalue weighted by molar-refractivity contribution is 7.90. The average Bonchev–Trinajstić information content (AvgIpc) is 2.81. The Hall–Kier alpha value is -1.00. The van der Waals surface area contributed by atoms with E-state index in [2.05, 4.69) is 0 Å². The molecule has 3 unspecified atom stereocenters. The molecule has 0 amide bonds. The molecule has 9 heteroatoms. The van der Waals surface area contributed by atoms with Crippen LogP contribution in [-0.2, 0) is 31.6 Å². The molecule has 118 valence electrons. The molecule has 0 bridgehead atoms. The number of hydrogen-bond donors (Lipinski definition) is 2. The van der Waals surface area contributed by atoms with E-state index in [1.807, 2.05) is 6.07 Å². The molecule has 7 nitrogen and oxygen atoms in total. The van der Waals surface area contributed by atoms with Crippen LogP contribution in [0, 0.1) is 0 Å². The van der Waals surface area contributed by atoms with E-state index in [-0.39, 0.29) is 19.4 Å². The first-order valence-corrected chi connectivity index (χ1v) is 9.28. The van der Waals surface area contributed by atoms with Gasteiger partial charge in [-0.3, -0.25) is 9.11 Å². The summed E-state index contributed by atoms with van der Waals surface area (Å²) < 4.78 is 69.1. The van der Waals surface area contributed by atoms with E-state index in [1.165, 1.54) is 0 Å². The van der Waals surface area contributed by atoms with Crippen molar-refractivity contribution in [1.29, 1.82) is 0 Å². The van der Waals surface area contributed by atoms with Gasteiger partial charge in [-0.1, -0.05) is 30.3 Å². The summed E-state index contributed by atoms with van der Waals surface area (Å²) in [7, 11) is -9.22. The van der Waals surface area contributed by atoms with Gasteiger partial charge in [-0.2, -0.15) is 16.8 Å². The third-order valence-corrected chi connectivity index (χ3v) is 6.29. The fourth-order valence-corrected chi connectivity index (χ4v) is 5.46. The topological polar surface area (TPSA) is 118 Å². The average molecular weight is 336 g/mol. The van der Waals surface area contributed by atoms with Crippen LogP contribution in [0.15, 0.2) is 30.3 Å². The van der Waals surface area contributed by atoms with Gasteiger partial charge in [0.25, 0.3) is 20.2 Å². The van der Waals surface area contributed by atoms with Crippen molar-refractivity contribution in [3.63, 3.8) is 0 Å². The number of benzene rings is 1. The number of rotatable bonds is 5. The van der Waals surface area contributed by atoms with Crippen LogP contribution in [0.5, 0.6) is 0 Å². The Morgan fingerprint density at radius 2 is 1.62 bits per heavy atom. The third-order valence-electron chi connectivity index (χ3n) is 3.50. The van der Waals surface area contributed by atoms with E-state index in [4.69, 9.17) is 9.29 Å². The molecule has 1 saturated carbocycles. The van der Waals surface area contributed by atoms with E-state index in [0.29, 0.717) is 0 Å². The SMILES string of the molecule is O=S(=O)(O)C1CCC(OCc2ccccc2)C1S(=O)(=O)O. The molecule has 0 aliphatic heterocycles. The summed E-state index contributed by atoms with van der Waals surface area (Å²) in [6, 6.07) is 8.94. The molecule has 1 fully saturated rings. The van der Waals surface area contributed by atoms with Crippen molar-refractivity contribution < 1.29 is 30.7 Å². The predicted molar refractivity (Wildman–Crippen MR) is 74.9 cm³/mol. The molecule has 21 heavy (non-hydrogen) atoms. The van der Waals surface area contributed by atoms with Crippen molar-refractivity contribution in [3.8, 4) is 0 Å². The van der Waals surface area contributed by atoms with E-state index in [1.54, 1.807) is 24.3 Å². The standard InChI is InChI=1S/C12H16O7S2/c13-20(14,15)11-7-6-10(12(11)21(16,17)18)19-8-9-4-2-1-3-5-9/h1-5,10-12H,6-8H2,(H,13,14,15)(H,16,17,18). The van der Waals surface area contributed by atoms with Crippen molar-refractivity contribution in [2.45, 2.75) is 36.1 Å². The van der Waals surface area contributed by atoms with Gasteiger partial charge in [-0.25, -0.2) is 0 Å². The second kappa shape index (κ2) is 6.01. The van der Waals surface area contributed by atoms with Crippen LogP contribution in [0.4, 0.5) is 0 Å². The van der Waals surface area contributed by atoms with Crippen molar-refractivity contribution in [2.75, 3.05) is 0 Å². The maximum Gasteiger partial charge on any atom is 0.271 e. The smallest absolute Gasteiger partial charge is 0.271 e. The van der Waals surface area contributed by atoms with Gasteiger partial charge in [0.15, 0.2) is 0 Å². The van der Waals surface area contributed by atoms with Crippen LogP contribution in [0.25, 0.3) is 0 Å². The van der Waals surface area contributed by atoms with Gasteiger partial charge in [-0.15, -0.1) is 0 Å². The fourth-order valence-electron chi connectivity index (χ4n) is 2.55. The molecule has 2 N–H and O–H groups in total. The molecule has 1 aromatic carbocycles. The lowest BCUT2D eigenvalue weighted by atomic mass is 10.2. The molecule has 0 aromatic heterocycles. The zero-order valence-corrected chi connectivity index (χ0v) is 12.6. The highest BCUT2D eigenvalue weighted by Gasteiger charge is 2.50. The lowest BCUT2D eigenvalue weighted by Gasteiger charge is -2.20. The minimum Gasteiger partial charge on any atom is -0.372 e. The van der Waals surface area contributed by atoms with Crippen LogP contribution < -0.4 is 0 Å². The first-order chi connectivity index (χ1) is 9.69. The van der Waals surface area contributed by atoms with Crippen molar-refractivity contribution in [3.05, 3.63) is 35.9 Å². The minimum atomic E-state index is -4.65. The van der Waals surface area contributed by atoms with Crippen LogP contribution >= 0.6 is 0 Å². The lowest BCUT2D eigenvalue weighted by Crippen LogP contribution is -2.42. The zero-order valence-electron chi connectivity index (χ0n) is 11.0. The van der Waals surface area contributed by atoms with Gasteiger partial charge in [0.05, 0.1) is 12.7 Å². The lowest BCUT2D eigenvalue weighted by molar-refractivity contribution is 0.0463. The second-order valence-corrected chi connectivity index (χ2v) is 8.16. The summed E-state index contributed by atoms with van der Waals surface area (Å²) in [6.45, 7) is 0.0930. The van der Waals surface area contributed by atoms with Crippen LogP contribution in [-0.4, -0.2) is 42.5 Å². The van der Waals surface area contributed by atoms with Gasteiger partial charge >= 0.3 is 0 Å². The maximum absolute atomic E-state index is 11.4. The summed E-state index contributed by atoms with van der Waals surface area (Å²) in [5.74, 6) is 0. The number of hydrogen-bond acceptors (Lipinski definition) is 5. The largest absolute Gasteiger partial charge is 0.372 e. The van der Waals surface area contributed by atoms with E-state index in [0.717, 1.165) is 5.56 Å². The maximum atomic E-state index is 11.4. The molecular formula is C12H16O7S2. The van der Waals surface area contributed by atoms with E-state index >= 15 is 0 Å². The molecular weight excluding hydrogens is 320 g/mol. The molecule has 0 radical (unpaired) electrons. The highest BCUT2D eigenvalue weighted by Crippen LogP contribution is 2.33. The summed E-state index contributed by atoms with van der Waals surface area (Å²) in [6.07, 6.45) is -0.933. The molecule has 1 aliphatic rings. The van der Waals surface area contributed by atoms with Crippen LogP contribution in [0.2, 0.25) is 0 Å². The Balaban J connectivity index is 2.16. The third kappa shape index (κ3) is 4.01. The van der Waals surface area contributed by atoms with Gasteiger partial charge < -0.3 is 4.74 Å². The molecule has 2 rings (SSSR count). The Morgan fingerprint density at radius 3 is 2.14 bits per heavy atom. The Morgan fingerprint density at radius 1 is 1.00 bits per heavy atom. The Kier molecular flexibility index (Phi) is 4.69. The van der Waals surface area contributed by atoms with E-state index in [9.17, 15) is 21.4 Å². The van der Waals surface area contributed by atoms with Gasteiger partial charge in [0.1, 0.15) is 10.5 Å². The predicted octanol–water partition coefficient (Wildman–Crippen LogP) is 0.878. The Labute approximate surface area is 123 Å². The number of ether oxygens (including phenoxy) is 1. The molecule has 0 saturated heterocycles. The van der Waals surface area contributed by atoms with Crippen molar-refractivity contribution in [2.24, 2.45) is 0 Å². The van der Waals surface area contributed by atoms with Crippen molar-refractivity contribution in [1.82, 2.24) is 0 Å². The molecule has 0 heterocycles. The molecule has 1 aliphatic carbocycles. The zero-order chi connectivity index (χ0) is 15.7. The minimum absolute atomic E-state index is 0.0806. The van der Waals surface area contributed by atoms with E-state index < -0.39 is 36.8 Å². The van der Waals surface area contributed by atoms with Gasteiger partial charge in [-0.05, 0) is 18.4 Å². The summed E-state index contributed by atoms with van der Waals surface area (Å²) >= 11 is 0. The first-order valence-electron chi connectivity index (χ1n) is 6.27. The second-order valence-electron chi connectivity index (χ2n) is 4.95. The first kappa shape index (κ1) is 16.4. The fraction of sp³-hybridized carbons (Fsp3) is 0.500. The monoisotopic (exact) mass is 336 g/mol. The van der Waals surface area contributed by atoms with Crippen molar-refractivity contribution >= 4 is 20.2 Å². The summed E-state index contributed by atoms with van der Waals surface area (Å²) in [5, 5.41) is -3.23.